The van der Waals surface area contributed by atoms with E-state index in [-0.39, 0.29) is 6.04 Å². The summed E-state index contributed by atoms with van der Waals surface area (Å²) in [6.45, 7) is 4.14. The second kappa shape index (κ2) is 10.4. The smallest absolute Gasteiger partial charge is 0.313 e. The van der Waals surface area contributed by atoms with Crippen molar-refractivity contribution in [2.45, 2.75) is 12.5 Å². The Hall–Kier alpha value is -2.81. The number of nitrogens with zero attached hydrogens (tertiary/aromatic N) is 2. The molecule has 2 aromatic rings. The molecule has 0 aliphatic carbocycles. The Bertz CT molecular complexity index is 1030. The van der Waals surface area contributed by atoms with Crippen molar-refractivity contribution in [3.8, 4) is 5.75 Å². The van der Waals surface area contributed by atoms with Gasteiger partial charge in [0, 0.05) is 43.9 Å². The molecule has 1 fully saturated rings. The van der Waals surface area contributed by atoms with Crippen LogP contribution in [0.3, 0.4) is 0 Å². The highest BCUT2D eigenvalue weighted by atomic mass is 35.5. The van der Waals surface area contributed by atoms with E-state index in [1.807, 2.05) is 0 Å². The number of rotatable bonds is 6. The number of amides is 2. The molecule has 2 aliphatic heterocycles. The van der Waals surface area contributed by atoms with Crippen molar-refractivity contribution in [3.05, 3.63) is 52.5 Å². The highest BCUT2D eigenvalue weighted by Crippen LogP contribution is 2.31. The zero-order valence-electron chi connectivity index (χ0n) is 18.9. The first-order valence-corrected chi connectivity index (χ1v) is 11.4. The summed E-state index contributed by atoms with van der Waals surface area (Å²) < 4.78 is 10.7. The number of morpholine rings is 1. The lowest BCUT2D eigenvalue weighted by molar-refractivity contribution is -0.136. The average molecular weight is 473 g/mol. The van der Waals surface area contributed by atoms with Crippen LogP contribution in [0, 0.1) is 0 Å². The van der Waals surface area contributed by atoms with Crippen LogP contribution in [0.5, 0.6) is 5.75 Å². The van der Waals surface area contributed by atoms with Gasteiger partial charge in [0.15, 0.2) is 0 Å². The van der Waals surface area contributed by atoms with Gasteiger partial charge in [-0.3, -0.25) is 14.5 Å². The van der Waals surface area contributed by atoms with Gasteiger partial charge < -0.3 is 25.0 Å². The zero-order valence-corrected chi connectivity index (χ0v) is 19.7. The number of benzene rings is 2. The summed E-state index contributed by atoms with van der Waals surface area (Å²) in [5.74, 6) is -1.06. The van der Waals surface area contributed by atoms with Crippen LogP contribution in [-0.4, -0.2) is 70.3 Å². The minimum atomic E-state index is -0.771. The lowest BCUT2D eigenvalue weighted by atomic mass is 10.0. The predicted octanol–water partition coefficient (Wildman–Crippen LogP) is 2.47. The molecule has 176 valence electrons. The Morgan fingerprint density at radius 1 is 1.12 bits per heavy atom. The first-order valence-electron chi connectivity index (χ1n) is 11.0. The first-order chi connectivity index (χ1) is 16.0. The van der Waals surface area contributed by atoms with Crippen LogP contribution >= 0.6 is 11.6 Å². The highest BCUT2D eigenvalue weighted by Gasteiger charge is 2.26. The maximum Gasteiger partial charge on any atom is 0.313 e. The summed E-state index contributed by atoms with van der Waals surface area (Å²) in [4.78, 5) is 29.7. The number of anilines is 2. The number of halogens is 1. The first kappa shape index (κ1) is 23.4. The van der Waals surface area contributed by atoms with E-state index in [9.17, 15) is 9.59 Å². The van der Waals surface area contributed by atoms with E-state index in [4.69, 9.17) is 21.1 Å². The molecule has 0 spiro atoms. The van der Waals surface area contributed by atoms with E-state index in [0.717, 1.165) is 31.6 Å². The molecule has 0 aromatic heterocycles. The minimum Gasteiger partial charge on any atom is -0.495 e. The molecule has 1 unspecified atom stereocenters. The van der Waals surface area contributed by atoms with Crippen molar-refractivity contribution in [3.63, 3.8) is 0 Å². The molecule has 2 aliphatic rings. The van der Waals surface area contributed by atoms with Crippen LogP contribution in [0.4, 0.5) is 11.4 Å². The molecule has 0 bridgehead atoms. The molecular formula is C24H29ClN4O4. The van der Waals surface area contributed by atoms with E-state index in [0.29, 0.717) is 36.2 Å². The quantitative estimate of drug-likeness (QED) is 0.628. The van der Waals surface area contributed by atoms with Gasteiger partial charge in [0.1, 0.15) is 5.75 Å². The molecule has 2 amide bonds. The standard InChI is InChI=1S/C24H29ClN4O4/c1-28-8-7-17-13-16(3-5-20(17)28)21(29-9-11-33-12-10-29)15-26-23(30)24(31)27-19-14-18(25)4-6-22(19)32-2/h3-6,13-14,21H,7-12,15H2,1-2H3,(H,26,30)(H,27,31). The predicted molar refractivity (Wildman–Crippen MR) is 128 cm³/mol. The summed E-state index contributed by atoms with van der Waals surface area (Å²) in [5, 5.41) is 5.83. The van der Waals surface area contributed by atoms with E-state index in [1.165, 1.54) is 18.4 Å². The molecule has 1 saturated heterocycles. The topological polar surface area (TPSA) is 83.1 Å². The molecule has 8 nitrogen and oxygen atoms in total. The normalized spacial score (nSPS) is 16.8. The summed E-state index contributed by atoms with van der Waals surface area (Å²) in [6.07, 6.45) is 1.01. The third kappa shape index (κ3) is 5.40. The minimum absolute atomic E-state index is 0.0532. The number of nitrogens with one attached hydrogen (secondary N) is 2. The lowest BCUT2D eigenvalue weighted by Gasteiger charge is -2.35. The van der Waals surface area contributed by atoms with Gasteiger partial charge in [0.05, 0.1) is 32.1 Å². The van der Waals surface area contributed by atoms with Crippen molar-refractivity contribution < 1.29 is 19.1 Å². The van der Waals surface area contributed by atoms with E-state index >= 15 is 0 Å². The van der Waals surface area contributed by atoms with Gasteiger partial charge in [-0.25, -0.2) is 0 Å². The number of likely N-dealkylation sites (N-methyl/N-ethyl adjacent to an activating group) is 1. The second-order valence-corrected chi connectivity index (χ2v) is 8.67. The Morgan fingerprint density at radius 3 is 2.67 bits per heavy atom. The van der Waals surface area contributed by atoms with Crippen LogP contribution in [0.2, 0.25) is 5.02 Å². The monoisotopic (exact) mass is 472 g/mol. The molecule has 4 rings (SSSR count). The number of methoxy groups -OCH3 is 1. The molecule has 33 heavy (non-hydrogen) atoms. The van der Waals surface area contributed by atoms with Gasteiger partial charge in [-0.2, -0.15) is 0 Å². The largest absolute Gasteiger partial charge is 0.495 e. The van der Waals surface area contributed by atoms with Crippen LogP contribution < -0.4 is 20.3 Å². The fourth-order valence-corrected chi connectivity index (χ4v) is 4.54. The number of hydrogen-bond acceptors (Lipinski definition) is 6. The van der Waals surface area contributed by atoms with E-state index in [2.05, 4.69) is 45.7 Å². The molecule has 2 N–H and O–H groups in total. The number of carbonyl (C=O) groups excluding carboxylic acids is 2. The van der Waals surface area contributed by atoms with Crippen LogP contribution in [-0.2, 0) is 20.7 Å². The number of fused-ring (bicyclic) bond motifs is 1. The Kier molecular flexibility index (Phi) is 7.37. The van der Waals surface area contributed by atoms with Crippen molar-refractivity contribution in [1.29, 1.82) is 0 Å². The van der Waals surface area contributed by atoms with Gasteiger partial charge in [-0.1, -0.05) is 23.7 Å². The second-order valence-electron chi connectivity index (χ2n) is 8.23. The van der Waals surface area contributed by atoms with Gasteiger partial charge in [-0.05, 0) is 41.8 Å². The van der Waals surface area contributed by atoms with Crippen LogP contribution in [0.1, 0.15) is 17.2 Å². The Labute approximate surface area is 198 Å². The molecule has 2 aromatic carbocycles. The highest BCUT2D eigenvalue weighted by molar-refractivity contribution is 6.40. The van der Waals surface area contributed by atoms with Crippen LogP contribution in [0.15, 0.2) is 36.4 Å². The number of hydrogen-bond donors (Lipinski definition) is 2. The molecule has 1 atom stereocenters. The maximum absolute atomic E-state index is 12.6. The SMILES string of the molecule is COc1ccc(Cl)cc1NC(=O)C(=O)NCC(c1ccc2c(c1)CCN2C)N1CCOCC1. The molecule has 9 heteroatoms. The lowest BCUT2D eigenvalue weighted by Crippen LogP contribution is -2.45. The van der Waals surface area contributed by atoms with Crippen molar-refractivity contribution in [2.75, 3.05) is 63.8 Å². The average Bonchev–Trinajstić information content (AvgIpc) is 3.20. The maximum atomic E-state index is 12.6. The fourth-order valence-electron chi connectivity index (χ4n) is 4.37. The Balaban J connectivity index is 1.46. The molecule has 2 heterocycles. The van der Waals surface area contributed by atoms with Crippen LogP contribution in [0.25, 0.3) is 0 Å². The summed E-state index contributed by atoms with van der Waals surface area (Å²) in [7, 11) is 3.58. The number of carbonyl (C=O) groups is 2. The summed E-state index contributed by atoms with van der Waals surface area (Å²) in [5.41, 5.74) is 4.03. The third-order valence-corrected chi connectivity index (χ3v) is 6.41. The van der Waals surface area contributed by atoms with E-state index < -0.39 is 11.8 Å². The van der Waals surface area contributed by atoms with Crippen molar-refractivity contribution in [1.82, 2.24) is 10.2 Å². The van der Waals surface area contributed by atoms with Gasteiger partial charge in [0.25, 0.3) is 0 Å². The van der Waals surface area contributed by atoms with Crippen molar-refractivity contribution >= 4 is 34.8 Å². The van der Waals surface area contributed by atoms with Gasteiger partial charge >= 0.3 is 11.8 Å². The van der Waals surface area contributed by atoms with Gasteiger partial charge in [-0.15, -0.1) is 0 Å². The molecule has 0 radical (unpaired) electrons. The third-order valence-electron chi connectivity index (χ3n) is 6.17. The zero-order chi connectivity index (χ0) is 23.4. The molecular weight excluding hydrogens is 444 g/mol. The fraction of sp³-hybridized carbons (Fsp3) is 0.417. The summed E-state index contributed by atoms with van der Waals surface area (Å²) >= 11 is 6.02. The molecule has 0 saturated carbocycles. The number of ether oxygens (including phenoxy) is 2. The van der Waals surface area contributed by atoms with Gasteiger partial charge in [0.2, 0.25) is 0 Å². The van der Waals surface area contributed by atoms with Crippen molar-refractivity contribution in [2.24, 2.45) is 0 Å². The Morgan fingerprint density at radius 2 is 1.91 bits per heavy atom. The summed E-state index contributed by atoms with van der Waals surface area (Å²) in [6, 6.07) is 11.3. The van der Waals surface area contributed by atoms with E-state index in [1.54, 1.807) is 18.2 Å².